The topological polar surface area (TPSA) is 69.7 Å². The molecule has 0 radical (unpaired) electrons. The molecule has 2 aliphatic rings. The summed E-state index contributed by atoms with van der Waals surface area (Å²) >= 11 is 11.9. The fourth-order valence-corrected chi connectivity index (χ4v) is 4.41. The summed E-state index contributed by atoms with van der Waals surface area (Å²) in [5, 5.41) is 3.52. The van der Waals surface area contributed by atoms with E-state index >= 15 is 0 Å². The summed E-state index contributed by atoms with van der Waals surface area (Å²) in [4.78, 5) is 39.4. The number of halogens is 2. The highest BCUT2D eigenvalue weighted by Crippen LogP contribution is 2.30. The first-order chi connectivity index (χ1) is 12.2. The Kier molecular flexibility index (Phi) is 5.44. The molecule has 1 aromatic rings. The average Bonchev–Trinajstić information content (AvgIpc) is 2.80. The maximum atomic E-state index is 12.6. The lowest BCUT2D eigenvalue weighted by molar-refractivity contribution is -0.116. The molecule has 5 amide bonds. The third kappa shape index (κ3) is 3.96. The van der Waals surface area contributed by atoms with Crippen molar-refractivity contribution in [2.45, 2.75) is 39.2 Å². The summed E-state index contributed by atoms with van der Waals surface area (Å²) in [5.41, 5.74) is 0.257. The Morgan fingerprint density at radius 3 is 2.19 bits per heavy atom. The van der Waals surface area contributed by atoms with Crippen molar-refractivity contribution < 1.29 is 14.4 Å². The lowest BCUT2D eigenvalue weighted by Crippen LogP contribution is -2.48. The number of carbonyl (C=O) groups excluding carboxylic acids is 3. The number of imide groups is 2. The summed E-state index contributed by atoms with van der Waals surface area (Å²) < 4.78 is 0. The van der Waals surface area contributed by atoms with E-state index in [0.717, 1.165) is 29.1 Å². The molecule has 1 aromatic carbocycles. The van der Waals surface area contributed by atoms with Gasteiger partial charge in [-0.05, 0) is 49.3 Å². The van der Waals surface area contributed by atoms with Gasteiger partial charge in [-0.15, -0.1) is 0 Å². The average molecular weight is 398 g/mol. The third-order valence-corrected chi connectivity index (χ3v) is 5.26. The first kappa shape index (κ1) is 19.0. The molecule has 1 heterocycles. The van der Waals surface area contributed by atoms with Gasteiger partial charge in [-0.3, -0.25) is 4.79 Å². The number of rotatable bonds is 2. The van der Waals surface area contributed by atoms with Crippen molar-refractivity contribution in [1.29, 1.82) is 0 Å². The molecular weight excluding hydrogens is 377 g/mol. The Morgan fingerprint density at radius 1 is 1.04 bits per heavy atom. The summed E-state index contributed by atoms with van der Waals surface area (Å²) in [6.45, 7) is 4.01. The number of hydrogen-bond acceptors (Lipinski definition) is 3. The molecule has 1 saturated carbocycles. The monoisotopic (exact) mass is 397 g/mol. The number of carbonyl (C=O) groups is 3. The van der Waals surface area contributed by atoms with Gasteiger partial charge >= 0.3 is 12.1 Å². The maximum Gasteiger partial charge on any atom is 0.340 e. The van der Waals surface area contributed by atoms with Crippen LogP contribution in [0.25, 0.3) is 0 Å². The zero-order valence-electron chi connectivity index (χ0n) is 14.7. The van der Waals surface area contributed by atoms with Crippen molar-refractivity contribution in [3.63, 3.8) is 0 Å². The van der Waals surface area contributed by atoms with Crippen LogP contribution in [0.1, 0.15) is 33.1 Å². The van der Waals surface area contributed by atoms with Gasteiger partial charge in [-0.1, -0.05) is 37.0 Å². The van der Waals surface area contributed by atoms with Crippen molar-refractivity contribution in [2.75, 3.05) is 11.4 Å². The number of benzene rings is 1. The van der Waals surface area contributed by atoms with Crippen LogP contribution in [0.5, 0.6) is 0 Å². The van der Waals surface area contributed by atoms with Crippen LogP contribution in [0.2, 0.25) is 10.0 Å². The van der Waals surface area contributed by atoms with Gasteiger partial charge < -0.3 is 5.32 Å². The van der Waals surface area contributed by atoms with Crippen LogP contribution < -0.4 is 10.2 Å². The minimum atomic E-state index is -0.692. The summed E-state index contributed by atoms with van der Waals surface area (Å²) in [6.07, 6.45) is 2.89. The number of urea groups is 2. The number of anilines is 1. The molecule has 2 fully saturated rings. The Morgan fingerprint density at radius 2 is 1.62 bits per heavy atom. The molecule has 2 atom stereocenters. The minimum absolute atomic E-state index is 0.0128. The second-order valence-corrected chi connectivity index (χ2v) is 8.16. The minimum Gasteiger partial charge on any atom is -0.335 e. The van der Waals surface area contributed by atoms with E-state index in [0.29, 0.717) is 21.9 Å². The molecule has 1 saturated heterocycles. The zero-order valence-corrected chi connectivity index (χ0v) is 16.2. The Labute approximate surface area is 162 Å². The van der Waals surface area contributed by atoms with Crippen molar-refractivity contribution in [1.82, 2.24) is 10.2 Å². The fourth-order valence-electron chi connectivity index (χ4n) is 3.90. The van der Waals surface area contributed by atoms with Gasteiger partial charge in [-0.2, -0.15) is 0 Å². The van der Waals surface area contributed by atoms with Gasteiger partial charge in [0.05, 0.1) is 5.69 Å². The number of amides is 5. The maximum absolute atomic E-state index is 12.6. The van der Waals surface area contributed by atoms with Crippen LogP contribution in [0.4, 0.5) is 15.3 Å². The molecule has 140 valence electrons. The van der Waals surface area contributed by atoms with Crippen LogP contribution in [-0.4, -0.2) is 35.5 Å². The van der Waals surface area contributed by atoms with E-state index in [2.05, 4.69) is 19.2 Å². The summed E-state index contributed by atoms with van der Waals surface area (Å²) in [7, 11) is 0. The largest absolute Gasteiger partial charge is 0.340 e. The molecule has 1 aliphatic carbocycles. The Balaban J connectivity index is 1.73. The first-order valence-electron chi connectivity index (χ1n) is 8.65. The molecule has 6 nitrogen and oxygen atoms in total. The van der Waals surface area contributed by atoms with Crippen molar-refractivity contribution in [3.05, 3.63) is 28.2 Å². The van der Waals surface area contributed by atoms with E-state index in [4.69, 9.17) is 23.2 Å². The predicted octanol–water partition coefficient (Wildman–Crippen LogP) is 4.30. The highest BCUT2D eigenvalue weighted by Gasteiger charge is 2.41. The fraction of sp³-hybridized carbons (Fsp3) is 0.500. The normalized spacial score (nSPS) is 26.4. The van der Waals surface area contributed by atoms with Crippen LogP contribution in [-0.2, 0) is 4.79 Å². The zero-order chi connectivity index (χ0) is 19.0. The molecule has 26 heavy (non-hydrogen) atoms. The molecule has 2 unspecified atom stereocenters. The van der Waals surface area contributed by atoms with Gasteiger partial charge in [-0.25, -0.2) is 19.4 Å². The number of hydrogen-bond donors (Lipinski definition) is 1. The summed E-state index contributed by atoms with van der Waals surface area (Å²) in [5.74, 6) is 0.545. The number of nitrogens with one attached hydrogen (secondary N) is 1. The SMILES string of the molecule is CC1CC(C)CC(NC(=O)N2CC(=O)N(c3cc(Cl)cc(Cl)c3)C2=O)C1. The van der Waals surface area contributed by atoms with E-state index in [9.17, 15) is 14.4 Å². The van der Waals surface area contributed by atoms with Crippen molar-refractivity contribution in [2.24, 2.45) is 11.8 Å². The lowest BCUT2D eigenvalue weighted by atomic mass is 9.80. The Bertz CT molecular complexity index is 725. The molecule has 1 N–H and O–H groups in total. The molecular formula is C18H21Cl2N3O3. The number of nitrogens with zero attached hydrogens (tertiary/aromatic N) is 2. The van der Waals surface area contributed by atoms with Crippen molar-refractivity contribution in [3.8, 4) is 0 Å². The standard InChI is InChI=1S/C18H21Cl2N3O3/c1-10-3-11(2)5-14(4-10)21-17(25)22-9-16(24)23(18(22)26)15-7-12(19)6-13(20)8-15/h6-8,10-11,14H,3-5,9H2,1-2H3,(H,21,25). The smallest absolute Gasteiger partial charge is 0.335 e. The Hall–Kier alpha value is -1.79. The second kappa shape index (κ2) is 7.45. The van der Waals surface area contributed by atoms with Gasteiger partial charge in [0.15, 0.2) is 0 Å². The predicted molar refractivity (Wildman–Crippen MR) is 101 cm³/mol. The lowest BCUT2D eigenvalue weighted by Gasteiger charge is -2.32. The van der Waals surface area contributed by atoms with Gasteiger partial charge in [0.1, 0.15) is 6.54 Å². The molecule has 0 bridgehead atoms. The van der Waals surface area contributed by atoms with Crippen LogP contribution in [0, 0.1) is 11.8 Å². The molecule has 3 rings (SSSR count). The van der Waals surface area contributed by atoms with E-state index < -0.39 is 18.0 Å². The van der Waals surface area contributed by atoms with Gasteiger partial charge in [0.2, 0.25) is 0 Å². The molecule has 1 aliphatic heterocycles. The summed E-state index contributed by atoms with van der Waals surface area (Å²) in [6, 6.07) is 3.23. The van der Waals surface area contributed by atoms with Crippen LogP contribution >= 0.6 is 23.2 Å². The van der Waals surface area contributed by atoms with E-state index in [1.165, 1.54) is 18.2 Å². The van der Waals surface area contributed by atoms with E-state index in [-0.39, 0.29) is 18.3 Å². The van der Waals surface area contributed by atoms with E-state index in [1.54, 1.807) is 0 Å². The molecule has 0 spiro atoms. The molecule has 8 heteroatoms. The highest BCUT2D eigenvalue weighted by atomic mass is 35.5. The van der Waals surface area contributed by atoms with Gasteiger partial charge in [0.25, 0.3) is 5.91 Å². The second-order valence-electron chi connectivity index (χ2n) is 7.29. The first-order valence-corrected chi connectivity index (χ1v) is 9.41. The van der Waals surface area contributed by atoms with Crippen LogP contribution in [0.3, 0.4) is 0 Å². The quantitative estimate of drug-likeness (QED) is 0.756. The van der Waals surface area contributed by atoms with E-state index in [1.807, 2.05) is 0 Å². The molecule has 0 aromatic heterocycles. The third-order valence-electron chi connectivity index (χ3n) is 4.82. The van der Waals surface area contributed by atoms with Crippen molar-refractivity contribution >= 4 is 46.9 Å². The van der Waals surface area contributed by atoms with Crippen LogP contribution in [0.15, 0.2) is 18.2 Å². The highest BCUT2D eigenvalue weighted by molar-refractivity contribution is 6.35. The van der Waals surface area contributed by atoms with Gasteiger partial charge in [0, 0.05) is 16.1 Å².